The molecular formula is C12H15FO. The summed E-state index contributed by atoms with van der Waals surface area (Å²) in [5, 5.41) is 0. The number of halogens is 1. The molecule has 0 N–H and O–H groups in total. The first-order valence-corrected chi connectivity index (χ1v) is 5.01. The Hall–Kier alpha value is -1.18. The quantitative estimate of drug-likeness (QED) is 0.518. The Bertz CT molecular complexity index is 307. The van der Waals surface area contributed by atoms with Crippen molar-refractivity contribution in [3.8, 4) is 0 Å². The van der Waals surface area contributed by atoms with E-state index in [2.05, 4.69) is 6.92 Å². The van der Waals surface area contributed by atoms with Crippen LogP contribution in [-0.2, 0) is 6.42 Å². The molecule has 0 heterocycles. The molecule has 0 atom stereocenters. The van der Waals surface area contributed by atoms with Crippen LogP contribution in [0.15, 0.2) is 18.2 Å². The Labute approximate surface area is 83.9 Å². The molecule has 76 valence electrons. The molecule has 0 radical (unpaired) electrons. The van der Waals surface area contributed by atoms with Gasteiger partial charge >= 0.3 is 0 Å². The first-order chi connectivity index (χ1) is 6.77. The first-order valence-electron chi connectivity index (χ1n) is 5.01. The number of carbonyl (C=O) groups excluding carboxylic acids is 1. The molecule has 2 heteroatoms. The van der Waals surface area contributed by atoms with Gasteiger partial charge in [-0.25, -0.2) is 4.39 Å². The van der Waals surface area contributed by atoms with Gasteiger partial charge in [-0.15, -0.1) is 0 Å². The minimum Gasteiger partial charge on any atom is -0.298 e. The van der Waals surface area contributed by atoms with E-state index in [0.717, 1.165) is 31.2 Å². The Morgan fingerprint density at radius 1 is 1.36 bits per heavy atom. The van der Waals surface area contributed by atoms with E-state index in [9.17, 15) is 9.18 Å². The summed E-state index contributed by atoms with van der Waals surface area (Å²) >= 11 is 0. The smallest absolute Gasteiger partial charge is 0.152 e. The summed E-state index contributed by atoms with van der Waals surface area (Å²) in [5.41, 5.74) is 1.12. The molecule has 1 aromatic rings. The fourth-order valence-corrected chi connectivity index (χ4v) is 1.40. The zero-order valence-corrected chi connectivity index (χ0v) is 8.42. The topological polar surface area (TPSA) is 17.1 Å². The van der Waals surface area contributed by atoms with Gasteiger partial charge in [0.15, 0.2) is 6.29 Å². The van der Waals surface area contributed by atoms with Crippen LogP contribution < -0.4 is 0 Å². The summed E-state index contributed by atoms with van der Waals surface area (Å²) < 4.78 is 13.1. The summed E-state index contributed by atoms with van der Waals surface area (Å²) in [6.45, 7) is 2.13. The molecule has 0 fully saturated rings. The average molecular weight is 194 g/mol. The van der Waals surface area contributed by atoms with E-state index in [0.29, 0.717) is 6.29 Å². The van der Waals surface area contributed by atoms with E-state index >= 15 is 0 Å². The molecule has 0 aliphatic heterocycles. The molecule has 0 saturated carbocycles. The molecule has 0 aromatic heterocycles. The standard InChI is InChI=1S/C12H15FO/c1-2-3-4-5-10-6-7-11(9-14)12(13)8-10/h6-9H,2-5H2,1H3. The largest absolute Gasteiger partial charge is 0.298 e. The third-order valence-electron chi connectivity index (χ3n) is 2.26. The molecule has 0 amide bonds. The van der Waals surface area contributed by atoms with Gasteiger partial charge in [0.05, 0.1) is 5.56 Å². The van der Waals surface area contributed by atoms with Crippen molar-refractivity contribution in [2.24, 2.45) is 0 Å². The Morgan fingerprint density at radius 3 is 2.71 bits per heavy atom. The van der Waals surface area contributed by atoms with Crippen LogP contribution in [0.1, 0.15) is 42.1 Å². The van der Waals surface area contributed by atoms with Crippen molar-refractivity contribution in [2.75, 3.05) is 0 Å². The molecule has 0 spiro atoms. The first kappa shape index (κ1) is 10.9. The number of carbonyl (C=O) groups is 1. The number of unbranched alkanes of at least 4 members (excludes halogenated alkanes) is 2. The second-order valence-electron chi connectivity index (χ2n) is 3.43. The SMILES string of the molecule is CCCCCc1ccc(C=O)c(F)c1. The molecule has 0 unspecified atom stereocenters. The van der Waals surface area contributed by atoms with Gasteiger partial charge < -0.3 is 0 Å². The maximum atomic E-state index is 13.1. The normalized spacial score (nSPS) is 10.1. The van der Waals surface area contributed by atoms with Crippen LogP contribution in [0.5, 0.6) is 0 Å². The number of aryl methyl sites for hydroxylation is 1. The van der Waals surface area contributed by atoms with Crippen LogP contribution in [0.3, 0.4) is 0 Å². The Morgan fingerprint density at radius 2 is 2.14 bits per heavy atom. The van der Waals surface area contributed by atoms with Gasteiger partial charge in [0.1, 0.15) is 5.82 Å². The summed E-state index contributed by atoms with van der Waals surface area (Å²) in [5.74, 6) is -0.408. The number of hydrogen-bond acceptors (Lipinski definition) is 1. The number of benzene rings is 1. The van der Waals surface area contributed by atoms with Crippen molar-refractivity contribution in [2.45, 2.75) is 32.6 Å². The third kappa shape index (κ3) is 2.95. The lowest BCUT2D eigenvalue weighted by Gasteiger charge is -2.01. The van der Waals surface area contributed by atoms with E-state index in [-0.39, 0.29) is 5.56 Å². The highest BCUT2D eigenvalue weighted by Crippen LogP contribution is 2.11. The van der Waals surface area contributed by atoms with Gasteiger partial charge in [0, 0.05) is 0 Å². The van der Waals surface area contributed by atoms with E-state index in [4.69, 9.17) is 0 Å². The zero-order valence-electron chi connectivity index (χ0n) is 8.42. The van der Waals surface area contributed by atoms with Crippen molar-refractivity contribution in [1.29, 1.82) is 0 Å². The predicted molar refractivity (Wildman–Crippen MR) is 55.0 cm³/mol. The minimum absolute atomic E-state index is 0.143. The third-order valence-corrected chi connectivity index (χ3v) is 2.26. The van der Waals surface area contributed by atoms with Crippen molar-refractivity contribution >= 4 is 6.29 Å². The molecule has 14 heavy (non-hydrogen) atoms. The van der Waals surface area contributed by atoms with Crippen LogP contribution in [0, 0.1) is 5.82 Å². The maximum absolute atomic E-state index is 13.1. The van der Waals surface area contributed by atoms with Crippen LogP contribution in [0.25, 0.3) is 0 Å². The van der Waals surface area contributed by atoms with E-state index in [1.165, 1.54) is 6.07 Å². The van der Waals surface area contributed by atoms with Gasteiger partial charge in [-0.05, 0) is 30.5 Å². The Kier molecular flexibility index (Phi) is 4.30. The molecule has 0 bridgehead atoms. The fourth-order valence-electron chi connectivity index (χ4n) is 1.40. The monoisotopic (exact) mass is 194 g/mol. The van der Waals surface area contributed by atoms with Crippen LogP contribution >= 0.6 is 0 Å². The van der Waals surface area contributed by atoms with E-state index in [1.54, 1.807) is 6.07 Å². The van der Waals surface area contributed by atoms with Gasteiger partial charge in [-0.1, -0.05) is 25.8 Å². The van der Waals surface area contributed by atoms with Crippen molar-refractivity contribution < 1.29 is 9.18 Å². The molecule has 1 rings (SSSR count). The van der Waals surface area contributed by atoms with E-state index in [1.807, 2.05) is 6.07 Å². The van der Waals surface area contributed by atoms with Crippen LogP contribution in [0.2, 0.25) is 0 Å². The van der Waals surface area contributed by atoms with Gasteiger partial charge in [-0.3, -0.25) is 4.79 Å². The van der Waals surface area contributed by atoms with Crippen molar-refractivity contribution in [3.05, 3.63) is 35.1 Å². The fraction of sp³-hybridized carbons (Fsp3) is 0.417. The lowest BCUT2D eigenvalue weighted by molar-refractivity contribution is 0.112. The van der Waals surface area contributed by atoms with Gasteiger partial charge in [-0.2, -0.15) is 0 Å². The molecular weight excluding hydrogens is 179 g/mol. The zero-order chi connectivity index (χ0) is 10.4. The highest BCUT2D eigenvalue weighted by Gasteiger charge is 2.01. The highest BCUT2D eigenvalue weighted by molar-refractivity contribution is 5.75. The van der Waals surface area contributed by atoms with Gasteiger partial charge in [0.2, 0.25) is 0 Å². The summed E-state index contributed by atoms with van der Waals surface area (Å²) in [7, 11) is 0. The highest BCUT2D eigenvalue weighted by atomic mass is 19.1. The minimum atomic E-state index is -0.408. The summed E-state index contributed by atoms with van der Waals surface area (Å²) in [6, 6.07) is 4.82. The van der Waals surface area contributed by atoms with Crippen molar-refractivity contribution in [3.63, 3.8) is 0 Å². The van der Waals surface area contributed by atoms with Crippen LogP contribution in [0.4, 0.5) is 4.39 Å². The van der Waals surface area contributed by atoms with Crippen molar-refractivity contribution in [1.82, 2.24) is 0 Å². The molecule has 0 aliphatic rings. The number of rotatable bonds is 5. The average Bonchev–Trinajstić information content (AvgIpc) is 2.18. The predicted octanol–water partition coefficient (Wildman–Crippen LogP) is 3.37. The summed E-state index contributed by atoms with van der Waals surface area (Å²) in [4.78, 5) is 10.4. The second-order valence-corrected chi connectivity index (χ2v) is 3.43. The molecule has 0 saturated heterocycles. The molecule has 1 nitrogen and oxygen atoms in total. The van der Waals surface area contributed by atoms with Gasteiger partial charge in [0.25, 0.3) is 0 Å². The number of aldehydes is 1. The van der Waals surface area contributed by atoms with E-state index < -0.39 is 5.82 Å². The Balaban J connectivity index is 2.62. The van der Waals surface area contributed by atoms with Crippen LogP contribution in [-0.4, -0.2) is 6.29 Å². The molecule has 1 aromatic carbocycles. The molecule has 0 aliphatic carbocycles. The summed E-state index contributed by atoms with van der Waals surface area (Å²) in [6.07, 6.45) is 4.84. The second kappa shape index (κ2) is 5.53. The maximum Gasteiger partial charge on any atom is 0.152 e. The lowest BCUT2D eigenvalue weighted by Crippen LogP contribution is -1.91. The lowest BCUT2D eigenvalue weighted by atomic mass is 10.1. The number of hydrogen-bond donors (Lipinski definition) is 0.